The van der Waals surface area contributed by atoms with E-state index in [4.69, 9.17) is 24.5 Å². The molecule has 1 heterocycles. The van der Waals surface area contributed by atoms with Crippen molar-refractivity contribution in [2.75, 3.05) is 13.7 Å². The van der Waals surface area contributed by atoms with E-state index in [1.807, 2.05) is 0 Å². The molecule has 0 aromatic carbocycles. The van der Waals surface area contributed by atoms with Gasteiger partial charge >= 0.3 is 11.9 Å². The molecule has 4 atom stereocenters. The standard InChI is InChI=1S/C10H15N3O6/c1-5(14)18-7-4-17-10(16-3)8(12-13-11)9(7)19-6(2)15/h7-10H,4H2,1-3H3. The third kappa shape index (κ3) is 4.09. The summed E-state index contributed by atoms with van der Waals surface area (Å²) in [6, 6.07) is -0.933. The SMILES string of the molecule is COC1OCC(OC(C)=O)C(OC(C)=O)C1N=[N+]=[N-]. The minimum absolute atomic E-state index is 0.0204. The van der Waals surface area contributed by atoms with E-state index in [1.54, 1.807) is 0 Å². The van der Waals surface area contributed by atoms with Crippen molar-refractivity contribution in [3.63, 3.8) is 0 Å². The lowest BCUT2D eigenvalue weighted by atomic mass is 10.0. The molecule has 0 N–H and O–H groups in total. The number of hydrogen-bond acceptors (Lipinski definition) is 7. The molecule has 0 saturated carbocycles. The fourth-order valence-electron chi connectivity index (χ4n) is 1.80. The Balaban J connectivity index is 2.97. The molecule has 1 aliphatic rings. The van der Waals surface area contributed by atoms with Gasteiger partial charge in [-0.05, 0) is 5.53 Å². The molecule has 0 aromatic heterocycles. The van der Waals surface area contributed by atoms with Gasteiger partial charge < -0.3 is 18.9 Å². The van der Waals surface area contributed by atoms with Crippen LogP contribution < -0.4 is 0 Å². The molecule has 1 saturated heterocycles. The molecule has 0 amide bonds. The highest BCUT2D eigenvalue weighted by molar-refractivity contribution is 5.67. The summed E-state index contributed by atoms with van der Waals surface area (Å²) in [5.41, 5.74) is 8.55. The maximum atomic E-state index is 11.1. The Labute approximate surface area is 109 Å². The smallest absolute Gasteiger partial charge is 0.303 e. The summed E-state index contributed by atoms with van der Waals surface area (Å²) in [4.78, 5) is 24.8. The van der Waals surface area contributed by atoms with Gasteiger partial charge in [0.1, 0.15) is 6.04 Å². The van der Waals surface area contributed by atoms with Gasteiger partial charge in [-0.3, -0.25) is 9.59 Å². The first kappa shape index (κ1) is 15.2. The first-order valence-corrected chi connectivity index (χ1v) is 5.52. The number of azide groups is 1. The molecule has 9 nitrogen and oxygen atoms in total. The van der Waals surface area contributed by atoms with Crippen LogP contribution in [-0.4, -0.2) is 50.2 Å². The van der Waals surface area contributed by atoms with Crippen molar-refractivity contribution in [2.24, 2.45) is 5.11 Å². The van der Waals surface area contributed by atoms with E-state index >= 15 is 0 Å². The number of carbonyl (C=O) groups is 2. The average Bonchev–Trinajstić information content (AvgIpc) is 2.32. The fraction of sp³-hybridized carbons (Fsp3) is 0.800. The van der Waals surface area contributed by atoms with Gasteiger partial charge in [0.2, 0.25) is 0 Å². The lowest BCUT2D eigenvalue weighted by Crippen LogP contribution is -2.55. The Morgan fingerprint density at radius 2 is 1.95 bits per heavy atom. The first-order valence-electron chi connectivity index (χ1n) is 5.52. The van der Waals surface area contributed by atoms with Crippen molar-refractivity contribution < 1.29 is 28.5 Å². The molecule has 0 spiro atoms. The quantitative estimate of drug-likeness (QED) is 0.319. The van der Waals surface area contributed by atoms with E-state index < -0.39 is 36.5 Å². The second-order valence-corrected chi connectivity index (χ2v) is 3.85. The summed E-state index contributed by atoms with van der Waals surface area (Å²) in [5.74, 6) is -1.14. The summed E-state index contributed by atoms with van der Waals surface area (Å²) >= 11 is 0. The molecular weight excluding hydrogens is 258 g/mol. The number of hydrogen-bond donors (Lipinski definition) is 0. The maximum absolute atomic E-state index is 11.1. The Hall–Kier alpha value is -1.83. The van der Waals surface area contributed by atoms with E-state index in [0.717, 1.165) is 0 Å². The van der Waals surface area contributed by atoms with Gasteiger partial charge in [-0.15, -0.1) is 0 Å². The third-order valence-electron chi connectivity index (χ3n) is 2.44. The van der Waals surface area contributed by atoms with Crippen LogP contribution in [0.3, 0.4) is 0 Å². The molecule has 106 valence electrons. The lowest BCUT2D eigenvalue weighted by molar-refractivity contribution is -0.232. The summed E-state index contributed by atoms with van der Waals surface area (Å²) in [5, 5.41) is 3.49. The highest BCUT2D eigenvalue weighted by Crippen LogP contribution is 2.24. The van der Waals surface area contributed by atoms with Crippen LogP contribution in [0.1, 0.15) is 13.8 Å². The highest BCUT2D eigenvalue weighted by Gasteiger charge is 2.44. The minimum Gasteiger partial charge on any atom is -0.458 e. The Bertz CT molecular complexity index is 395. The molecule has 0 radical (unpaired) electrons. The second-order valence-electron chi connectivity index (χ2n) is 3.85. The zero-order chi connectivity index (χ0) is 14.4. The molecule has 4 unspecified atom stereocenters. The Morgan fingerprint density at radius 3 is 2.42 bits per heavy atom. The van der Waals surface area contributed by atoms with Gasteiger partial charge in [-0.25, -0.2) is 0 Å². The topological polar surface area (TPSA) is 120 Å². The molecule has 0 bridgehead atoms. The van der Waals surface area contributed by atoms with Crippen LogP contribution in [0.25, 0.3) is 10.4 Å². The van der Waals surface area contributed by atoms with E-state index in [9.17, 15) is 9.59 Å². The van der Waals surface area contributed by atoms with Crippen molar-refractivity contribution in [2.45, 2.75) is 38.4 Å². The van der Waals surface area contributed by atoms with E-state index in [-0.39, 0.29) is 6.61 Å². The molecule has 0 aliphatic carbocycles. The van der Waals surface area contributed by atoms with Crippen molar-refractivity contribution in [1.29, 1.82) is 0 Å². The van der Waals surface area contributed by atoms with Crippen LogP contribution in [0.5, 0.6) is 0 Å². The Kier molecular flexibility index (Phi) is 5.56. The lowest BCUT2D eigenvalue weighted by Gasteiger charge is -2.38. The number of methoxy groups -OCH3 is 1. The van der Waals surface area contributed by atoms with Gasteiger partial charge in [0.05, 0.1) is 6.61 Å². The van der Waals surface area contributed by atoms with Crippen LogP contribution in [0.15, 0.2) is 5.11 Å². The van der Waals surface area contributed by atoms with E-state index in [1.165, 1.54) is 21.0 Å². The minimum atomic E-state index is -0.948. The van der Waals surface area contributed by atoms with Crippen molar-refractivity contribution in [1.82, 2.24) is 0 Å². The van der Waals surface area contributed by atoms with Crippen LogP contribution >= 0.6 is 0 Å². The zero-order valence-corrected chi connectivity index (χ0v) is 10.8. The molecule has 1 rings (SSSR count). The molecular formula is C10H15N3O6. The number of ether oxygens (including phenoxy) is 4. The molecule has 19 heavy (non-hydrogen) atoms. The molecule has 0 aromatic rings. The average molecular weight is 273 g/mol. The third-order valence-corrected chi connectivity index (χ3v) is 2.44. The van der Waals surface area contributed by atoms with Crippen LogP contribution in [0.2, 0.25) is 0 Å². The summed E-state index contributed by atoms with van der Waals surface area (Å²) in [6.07, 6.45) is -2.66. The number of nitrogens with zero attached hydrogens (tertiary/aromatic N) is 3. The van der Waals surface area contributed by atoms with Gasteiger partial charge in [0.25, 0.3) is 0 Å². The van der Waals surface area contributed by atoms with Crippen LogP contribution in [-0.2, 0) is 28.5 Å². The maximum Gasteiger partial charge on any atom is 0.303 e. The number of carbonyl (C=O) groups excluding carboxylic acids is 2. The highest BCUT2D eigenvalue weighted by atomic mass is 16.7. The van der Waals surface area contributed by atoms with E-state index in [0.29, 0.717) is 0 Å². The molecule has 1 aliphatic heterocycles. The molecule has 1 fully saturated rings. The van der Waals surface area contributed by atoms with Gasteiger partial charge in [-0.2, -0.15) is 0 Å². The largest absolute Gasteiger partial charge is 0.458 e. The van der Waals surface area contributed by atoms with Crippen LogP contribution in [0.4, 0.5) is 0 Å². The van der Waals surface area contributed by atoms with Gasteiger partial charge in [-0.1, -0.05) is 5.11 Å². The van der Waals surface area contributed by atoms with E-state index in [2.05, 4.69) is 10.0 Å². The van der Waals surface area contributed by atoms with Crippen LogP contribution in [0, 0.1) is 0 Å². The zero-order valence-electron chi connectivity index (χ0n) is 10.8. The monoisotopic (exact) mass is 273 g/mol. The summed E-state index contributed by atoms with van der Waals surface area (Å²) in [6.45, 7) is 2.40. The molecule has 9 heteroatoms. The second kappa shape index (κ2) is 6.93. The predicted molar refractivity (Wildman–Crippen MR) is 60.8 cm³/mol. The van der Waals surface area contributed by atoms with Gasteiger partial charge in [0.15, 0.2) is 18.5 Å². The first-order chi connectivity index (χ1) is 8.99. The normalized spacial score (nSPS) is 30.1. The van der Waals surface area contributed by atoms with Crippen molar-refractivity contribution in [3.8, 4) is 0 Å². The van der Waals surface area contributed by atoms with Crippen molar-refractivity contribution in [3.05, 3.63) is 10.4 Å². The predicted octanol–water partition coefficient (Wildman–Crippen LogP) is 0.531. The summed E-state index contributed by atoms with van der Waals surface area (Å²) in [7, 11) is 1.36. The number of esters is 2. The Morgan fingerprint density at radius 1 is 1.32 bits per heavy atom. The van der Waals surface area contributed by atoms with Crippen molar-refractivity contribution >= 4 is 11.9 Å². The fourth-order valence-corrected chi connectivity index (χ4v) is 1.80. The summed E-state index contributed by atoms with van der Waals surface area (Å²) < 4.78 is 20.3. The van der Waals surface area contributed by atoms with Gasteiger partial charge in [0, 0.05) is 25.9 Å². The number of rotatable bonds is 4.